The van der Waals surface area contributed by atoms with E-state index in [9.17, 15) is 34.2 Å². The number of carbonyl (C=O) groups is 5. The minimum Gasteiger partial charge on any atom is -0.508 e. The number of nitrogens with two attached hydrogens (primary N) is 1. The van der Waals surface area contributed by atoms with Crippen molar-refractivity contribution in [2.24, 2.45) is 5.73 Å². The maximum atomic E-state index is 12.9. The lowest BCUT2D eigenvalue weighted by Gasteiger charge is -2.24. The number of thioether (sulfide) groups is 1. The number of phenolic OH excluding ortho intramolecular Hbond substituents is 1. The lowest BCUT2D eigenvalue weighted by molar-refractivity contribution is -0.143. The molecule has 0 bridgehead atoms. The van der Waals surface area contributed by atoms with Gasteiger partial charge in [-0.1, -0.05) is 12.1 Å². The van der Waals surface area contributed by atoms with E-state index in [0.29, 0.717) is 11.3 Å². The van der Waals surface area contributed by atoms with Crippen LogP contribution in [0.2, 0.25) is 0 Å². The molecule has 0 aliphatic rings. The van der Waals surface area contributed by atoms with Crippen molar-refractivity contribution in [3.8, 4) is 5.75 Å². The van der Waals surface area contributed by atoms with Crippen molar-refractivity contribution >= 4 is 41.4 Å². The first-order chi connectivity index (χ1) is 16.4. The number of hydrogen-bond acceptors (Lipinski definition) is 8. The van der Waals surface area contributed by atoms with Crippen LogP contribution in [0.4, 0.5) is 0 Å². The molecule has 35 heavy (non-hydrogen) atoms. The fraction of sp³-hybridized carbons (Fsp3) is 0.500. The first-order valence-corrected chi connectivity index (χ1v) is 12.2. The Hall–Kier alpha value is -3.32. The van der Waals surface area contributed by atoms with Crippen molar-refractivity contribution < 1.29 is 39.3 Å². The summed E-state index contributed by atoms with van der Waals surface area (Å²) in [5.74, 6) is -4.21. The summed E-state index contributed by atoms with van der Waals surface area (Å²) < 4.78 is 0. The van der Waals surface area contributed by atoms with Crippen LogP contribution in [-0.2, 0) is 30.4 Å². The average Bonchev–Trinajstić information content (AvgIpc) is 2.79. The van der Waals surface area contributed by atoms with Gasteiger partial charge in [-0.25, -0.2) is 4.79 Å². The summed E-state index contributed by atoms with van der Waals surface area (Å²) in [6.07, 6.45) is 1.18. The lowest BCUT2D eigenvalue weighted by atomic mass is 10.0. The predicted molar refractivity (Wildman–Crippen MR) is 129 cm³/mol. The van der Waals surface area contributed by atoms with Crippen LogP contribution in [0.1, 0.15) is 31.7 Å². The van der Waals surface area contributed by atoms with Crippen molar-refractivity contribution in [1.82, 2.24) is 16.0 Å². The monoisotopic (exact) mass is 512 g/mol. The molecular weight excluding hydrogens is 480 g/mol. The first-order valence-electron chi connectivity index (χ1n) is 10.8. The summed E-state index contributed by atoms with van der Waals surface area (Å²) in [4.78, 5) is 60.6. The molecule has 1 rings (SSSR count). The van der Waals surface area contributed by atoms with Gasteiger partial charge in [0.2, 0.25) is 17.7 Å². The number of carbonyl (C=O) groups excluding carboxylic acids is 3. The first kappa shape index (κ1) is 29.7. The summed E-state index contributed by atoms with van der Waals surface area (Å²) in [6.45, 7) is 1.45. The van der Waals surface area contributed by atoms with E-state index >= 15 is 0 Å². The Morgan fingerprint density at radius 1 is 0.886 bits per heavy atom. The van der Waals surface area contributed by atoms with Gasteiger partial charge in [0.25, 0.3) is 0 Å². The van der Waals surface area contributed by atoms with Gasteiger partial charge in [0.1, 0.15) is 23.9 Å². The number of aromatic hydroxyl groups is 1. The maximum absolute atomic E-state index is 12.9. The maximum Gasteiger partial charge on any atom is 0.326 e. The van der Waals surface area contributed by atoms with E-state index in [0.717, 1.165) is 0 Å². The number of nitrogens with one attached hydrogen (secondary N) is 3. The predicted octanol–water partition coefficient (Wildman–Crippen LogP) is -0.561. The SMILES string of the molecule is CSCCC(NC(=O)C(C)N)C(=O)NC(CCC(=O)O)C(=O)NC(Cc1ccc(O)cc1)C(=O)O. The third kappa shape index (κ3) is 11.1. The zero-order chi connectivity index (χ0) is 26.5. The zero-order valence-corrected chi connectivity index (χ0v) is 20.3. The van der Waals surface area contributed by atoms with Crippen LogP contribution < -0.4 is 21.7 Å². The Morgan fingerprint density at radius 2 is 1.40 bits per heavy atom. The van der Waals surface area contributed by atoms with E-state index in [1.165, 1.54) is 43.0 Å². The van der Waals surface area contributed by atoms with Gasteiger partial charge < -0.3 is 37.0 Å². The largest absolute Gasteiger partial charge is 0.508 e. The summed E-state index contributed by atoms with van der Waals surface area (Å²) >= 11 is 1.44. The van der Waals surface area contributed by atoms with Crippen LogP contribution in [-0.4, -0.2) is 81.2 Å². The van der Waals surface area contributed by atoms with Gasteiger partial charge in [0, 0.05) is 12.8 Å². The van der Waals surface area contributed by atoms with Gasteiger partial charge in [0.05, 0.1) is 6.04 Å². The van der Waals surface area contributed by atoms with Crippen LogP contribution in [0, 0.1) is 0 Å². The fourth-order valence-electron chi connectivity index (χ4n) is 2.96. The smallest absolute Gasteiger partial charge is 0.326 e. The number of carboxylic acids is 2. The minimum absolute atomic E-state index is 0.00625. The summed E-state index contributed by atoms with van der Waals surface area (Å²) in [5, 5.41) is 35.2. The quantitative estimate of drug-likeness (QED) is 0.159. The number of hydrogen-bond donors (Lipinski definition) is 7. The van der Waals surface area contributed by atoms with E-state index in [2.05, 4.69) is 16.0 Å². The van der Waals surface area contributed by atoms with E-state index in [-0.39, 0.29) is 25.0 Å². The molecule has 0 saturated heterocycles. The number of benzene rings is 1. The number of carboxylic acid groups (broad SMARTS) is 2. The Kier molecular flexibility index (Phi) is 12.6. The average molecular weight is 513 g/mol. The molecule has 12 nitrogen and oxygen atoms in total. The van der Waals surface area contributed by atoms with Crippen molar-refractivity contribution in [1.29, 1.82) is 0 Å². The number of amides is 3. The molecule has 3 amide bonds. The molecule has 8 N–H and O–H groups in total. The van der Waals surface area contributed by atoms with E-state index < -0.39 is 60.2 Å². The highest BCUT2D eigenvalue weighted by Crippen LogP contribution is 2.12. The highest BCUT2D eigenvalue weighted by atomic mass is 32.2. The van der Waals surface area contributed by atoms with Crippen LogP contribution in [0.3, 0.4) is 0 Å². The Balaban J connectivity index is 3.01. The highest BCUT2D eigenvalue weighted by molar-refractivity contribution is 7.98. The minimum atomic E-state index is -1.37. The van der Waals surface area contributed by atoms with Crippen molar-refractivity contribution in [2.75, 3.05) is 12.0 Å². The molecule has 4 atom stereocenters. The molecule has 0 radical (unpaired) electrons. The van der Waals surface area contributed by atoms with Gasteiger partial charge in [-0.05, 0) is 49.5 Å². The van der Waals surface area contributed by atoms with Gasteiger partial charge in [0.15, 0.2) is 0 Å². The van der Waals surface area contributed by atoms with Gasteiger partial charge in [-0.15, -0.1) is 0 Å². The fourth-order valence-corrected chi connectivity index (χ4v) is 3.43. The second kappa shape index (κ2) is 14.8. The van der Waals surface area contributed by atoms with Crippen molar-refractivity contribution in [3.63, 3.8) is 0 Å². The molecule has 194 valence electrons. The summed E-state index contributed by atoms with van der Waals surface area (Å²) in [6, 6.07) is 1.12. The molecule has 0 aromatic heterocycles. The molecule has 0 aliphatic carbocycles. The standard InChI is InChI=1S/C22H32N4O8S/c1-12(23)19(30)24-16(9-10-35-2)21(32)25-15(7-8-18(28)29)20(31)26-17(22(33)34)11-13-3-5-14(27)6-4-13/h3-6,12,15-17,27H,7-11,23H2,1-2H3,(H,24,30)(H,25,32)(H,26,31)(H,28,29)(H,33,34). The van der Waals surface area contributed by atoms with E-state index in [4.69, 9.17) is 10.8 Å². The number of phenols is 1. The molecule has 0 heterocycles. The second-order valence-electron chi connectivity index (χ2n) is 7.89. The third-order valence-corrected chi connectivity index (χ3v) is 5.57. The molecule has 0 fully saturated rings. The Morgan fingerprint density at radius 3 is 1.89 bits per heavy atom. The summed E-state index contributed by atoms with van der Waals surface area (Å²) in [5.41, 5.74) is 6.08. The normalized spacial score (nSPS) is 14.1. The molecule has 0 aliphatic heterocycles. The van der Waals surface area contributed by atoms with Crippen LogP contribution >= 0.6 is 11.8 Å². The van der Waals surface area contributed by atoms with E-state index in [1.807, 2.05) is 6.26 Å². The zero-order valence-electron chi connectivity index (χ0n) is 19.5. The molecule has 0 spiro atoms. The van der Waals surface area contributed by atoms with Crippen molar-refractivity contribution in [3.05, 3.63) is 29.8 Å². The second-order valence-corrected chi connectivity index (χ2v) is 8.88. The van der Waals surface area contributed by atoms with Crippen molar-refractivity contribution in [2.45, 2.75) is 56.8 Å². The van der Waals surface area contributed by atoms with Gasteiger partial charge in [-0.2, -0.15) is 11.8 Å². The van der Waals surface area contributed by atoms with Gasteiger partial charge in [-0.3, -0.25) is 19.2 Å². The van der Waals surface area contributed by atoms with Crippen LogP contribution in [0.15, 0.2) is 24.3 Å². The molecule has 4 unspecified atom stereocenters. The number of rotatable bonds is 15. The Labute approximate surface area is 207 Å². The number of aliphatic carboxylic acids is 2. The van der Waals surface area contributed by atoms with Crippen LogP contribution in [0.25, 0.3) is 0 Å². The van der Waals surface area contributed by atoms with Gasteiger partial charge >= 0.3 is 11.9 Å². The molecular formula is C22H32N4O8S. The molecule has 13 heteroatoms. The lowest BCUT2D eigenvalue weighted by Crippen LogP contribution is -2.57. The third-order valence-electron chi connectivity index (χ3n) is 4.93. The topological polar surface area (TPSA) is 208 Å². The highest BCUT2D eigenvalue weighted by Gasteiger charge is 2.30. The molecule has 1 aromatic rings. The molecule has 0 saturated carbocycles. The molecule has 1 aromatic carbocycles. The summed E-state index contributed by atoms with van der Waals surface area (Å²) in [7, 11) is 0. The Bertz CT molecular complexity index is 894. The van der Waals surface area contributed by atoms with Crippen LogP contribution in [0.5, 0.6) is 5.75 Å². The van der Waals surface area contributed by atoms with E-state index in [1.54, 1.807) is 0 Å².